The first-order chi connectivity index (χ1) is 8.49. The molecule has 0 aliphatic carbocycles. The summed E-state index contributed by atoms with van der Waals surface area (Å²) in [5.41, 5.74) is 0.488. The van der Waals surface area contributed by atoms with E-state index in [-0.39, 0.29) is 18.1 Å². The maximum atomic E-state index is 12.4. The van der Waals surface area contributed by atoms with Crippen LogP contribution in [0.2, 0.25) is 10.0 Å². The SMILES string of the molecule is CC1CN(C(=O)c2ccc(Cl)cc2Cl)C(C)CO1. The van der Waals surface area contributed by atoms with E-state index >= 15 is 0 Å². The predicted molar refractivity (Wildman–Crippen MR) is 72.4 cm³/mol. The Balaban J connectivity index is 2.24. The molecule has 0 aromatic heterocycles. The van der Waals surface area contributed by atoms with E-state index in [1.807, 2.05) is 13.8 Å². The van der Waals surface area contributed by atoms with Gasteiger partial charge in [0.2, 0.25) is 0 Å². The number of halogens is 2. The van der Waals surface area contributed by atoms with E-state index in [4.69, 9.17) is 27.9 Å². The standard InChI is InChI=1S/C13H15Cl2NO2/c1-8-7-18-9(2)6-16(8)13(17)11-4-3-10(14)5-12(11)15/h3-5,8-9H,6-7H2,1-2H3. The predicted octanol–water partition coefficient (Wildman–Crippen LogP) is 3.24. The van der Waals surface area contributed by atoms with Crippen LogP contribution in [0, 0.1) is 0 Å². The molecule has 1 amide bonds. The van der Waals surface area contributed by atoms with Gasteiger partial charge in [-0.15, -0.1) is 0 Å². The molecule has 98 valence electrons. The highest BCUT2D eigenvalue weighted by atomic mass is 35.5. The molecule has 1 fully saturated rings. The van der Waals surface area contributed by atoms with Gasteiger partial charge in [0.1, 0.15) is 0 Å². The number of nitrogens with zero attached hydrogens (tertiary/aromatic N) is 1. The summed E-state index contributed by atoms with van der Waals surface area (Å²) in [6, 6.07) is 4.99. The van der Waals surface area contributed by atoms with Crippen LogP contribution >= 0.6 is 23.2 Å². The number of carbonyl (C=O) groups is 1. The van der Waals surface area contributed by atoms with Crippen molar-refractivity contribution in [2.24, 2.45) is 0 Å². The molecule has 0 bridgehead atoms. The van der Waals surface area contributed by atoms with Gasteiger partial charge in [-0.2, -0.15) is 0 Å². The van der Waals surface area contributed by atoms with Crippen LogP contribution < -0.4 is 0 Å². The van der Waals surface area contributed by atoms with Crippen LogP contribution in [-0.4, -0.2) is 36.1 Å². The van der Waals surface area contributed by atoms with Gasteiger partial charge < -0.3 is 9.64 Å². The van der Waals surface area contributed by atoms with Gasteiger partial charge in [-0.3, -0.25) is 4.79 Å². The number of morpholine rings is 1. The lowest BCUT2D eigenvalue weighted by Crippen LogP contribution is -2.50. The van der Waals surface area contributed by atoms with Crippen LogP contribution in [0.25, 0.3) is 0 Å². The molecule has 1 aliphatic heterocycles. The number of ether oxygens (including phenoxy) is 1. The zero-order valence-corrected chi connectivity index (χ0v) is 11.8. The smallest absolute Gasteiger partial charge is 0.255 e. The van der Waals surface area contributed by atoms with Gasteiger partial charge in [0.25, 0.3) is 5.91 Å². The van der Waals surface area contributed by atoms with Gasteiger partial charge in [0.15, 0.2) is 0 Å². The highest BCUT2D eigenvalue weighted by Gasteiger charge is 2.29. The fourth-order valence-corrected chi connectivity index (χ4v) is 2.49. The van der Waals surface area contributed by atoms with E-state index in [1.54, 1.807) is 23.1 Å². The molecule has 1 aliphatic rings. The van der Waals surface area contributed by atoms with E-state index in [2.05, 4.69) is 0 Å². The molecular weight excluding hydrogens is 273 g/mol. The first kappa shape index (κ1) is 13.7. The number of carbonyl (C=O) groups excluding carboxylic acids is 1. The lowest BCUT2D eigenvalue weighted by molar-refractivity contribution is -0.0387. The highest BCUT2D eigenvalue weighted by Crippen LogP contribution is 2.24. The van der Waals surface area contributed by atoms with E-state index in [0.29, 0.717) is 28.8 Å². The van der Waals surface area contributed by atoms with Gasteiger partial charge in [-0.1, -0.05) is 23.2 Å². The largest absolute Gasteiger partial charge is 0.375 e. The number of hydrogen-bond donors (Lipinski definition) is 0. The molecule has 0 saturated carbocycles. The fraction of sp³-hybridized carbons (Fsp3) is 0.462. The van der Waals surface area contributed by atoms with Gasteiger partial charge in [0.05, 0.1) is 29.3 Å². The molecule has 2 atom stereocenters. The number of amides is 1. The molecule has 0 radical (unpaired) electrons. The topological polar surface area (TPSA) is 29.5 Å². The van der Waals surface area contributed by atoms with E-state index in [1.165, 1.54) is 0 Å². The Morgan fingerprint density at radius 1 is 1.39 bits per heavy atom. The summed E-state index contributed by atoms with van der Waals surface area (Å²) in [7, 11) is 0. The van der Waals surface area contributed by atoms with Gasteiger partial charge >= 0.3 is 0 Å². The molecular formula is C13H15Cl2NO2. The van der Waals surface area contributed by atoms with Crippen molar-refractivity contribution in [2.75, 3.05) is 13.2 Å². The molecule has 5 heteroatoms. The molecule has 2 rings (SSSR count). The van der Waals surface area contributed by atoms with Gasteiger partial charge in [-0.25, -0.2) is 0 Å². The molecule has 0 spiro atoms. The van der Waals surface area contributed by atoms with Crippen molar-refractivity contribution in [1.29, 1.82) is 0 Å². The summed E-state index contributed by atoms with van der Waals surface area (Å²) < 4.78 is 5.51. The maximum absolute atomic E-state index is 12.4. The van der Waals surface area contributed by atoms with Crippen LogP contribution in [-0.2, 0) is 4.74 Å². The minimum Gasteiger partial charge on any atom is -0.375 e. The van der Waals surface area contributed by atoms with Crippen LogP contribution in [0.1, 0.15) is 24.2 Å². The summed E-state index contributed by atoms with van der Waals surface area (Å²) in [6.07, 6.45) is 0.0521. The average molecular weight is 288 g/mol. The third kappa shape index (κ3) is 2.79. The zero-order chi connectivity index (χ0) is 13.3. The first-order valence-electron chi connectivity index (χ1n) is 5.86. The summed E-state index contributed by atoms with van der Waals surface area (Å²) in [5, 5.41) is 0.916. The Morgan fingerprint density at radius 2 is 2.11 bits per heavy atom. The van der Waals surface area contributed by atoms with Gasteiger partial charge in [0, 0.05) is 11.6 Å². The van der Waals surface area contributed by atoms with Crippen LogP contribution in [0.5, 0.6) is 0 Å². The van der Waals surface area contributed by atoms with Crippen LogP contribution in [0.15, 0.2) is 18.2 Å². The Hall–Kier alpha value is -0.770. The maximum Gasteiger partial charge on any atom is 0.255 e. The van der Waals surface area contributed by atoms with Crippen LogP contribution in [0.4, 0.5) is 0 Å². The van der Waals surface area contributed by atoms with Crippen molar-refractivity contribution in [3.05, 3.63) is 33.8 Å². The summed E-state index contributed by atoms with van der Waals surface area (Å²) in [6.45, 7) is 5.06. The normalized spacial score (nSPS) is 24.1. The van der Waals surface area contributed by atoms with Crippen molar-refractivity contribution in [1.82, 2.24) is 4.90 Å². The number of benzene rings is 1. The molecule has 0 N–H and O–H groups in total. The second-order valence-corrected chi connectivity index (χ2v) is 5.42. The van der Waals surface area contributed by atoms with Crippen molar-refractivity contribution in [2.45, 2.75) is 26.0 Å². The van der Waals surface area contributed by atoms with E-state index < -0.39 is 0 Å². The second kappa shape index (κ2) is 5.47. The summed E-state index contributed by atoms with van der Waals surface area (Å²) in [5.74, 6) is -0.0701. The Bertz CT molecular complexity index is 464. The van der Waals surface area contributed by atoms with Crippen molar-refractivity contribution >= 4 is 29.1 Å². The minimum atomic E-state index is -0.0701. The molecule has 1 saturated heterocycles. The molecule has 1 aromatic carbocycles. The highest BCUT2D eigenvalue weighted by molar-refractivity contribution is 6.36. The Labute approximate surface area is 117 Å². The third-order valence-electron chi connectivity index (χ3n) is 3.03. The Morgan fingerprint density at radius 3 is 2.78 bits per heavy atom. The lowest BCUT2D eigenvalue weighted by atomic mass is 10.1. The molecule has 2 unspecified atom stereocenters. The van der Waals surface area contributed by atoms with E-state index in [0.717, 1.165) is 0 Å². The second-order valence-electron chi connectivity index (χ2n) is 4.57. The monoisotopic (exact) mass is 287 g/mol. The van der Waals surface area contributed by atoms with Crippen molar-refractivity contribution < 1.29 is 9.53 Å². The Kier molecular flexibility index (Phi) is 4.15. The van der Waals surface area contributed by atoms with E-state index in [9.17, 15) is 4.79 Å². The quantitative estimate of drug-likeness (QED) is 0.794. The minimum absolute atomic E-state index is 0.0521. The van der Waals surface area contributed by atoms with Crippen molar-refractivity contribution in [3.8, 4) is 0 Å². The fourth-order valence-electron chi connectivity index (χ4n) is 2.00. The molecule has 1 aromatic rings. The molecule has 1 heterocycles. The van der Waals surface area contributed by atoms with Crippen LogP contribution in [0.3, 0.4) is 0 Å². The zero-order valence-electron chi connectivity index (χ0n) is 10.3. The third-order valence-corrected chi connectivity index (χ3v) is 3.58. The summed E-state index contributed by atoms with van der Waals surface area (Å²) >= 11 is 11.9. The van der Waals surface area contributed by atoms with Crippen molar-refractivity contribution in [3.63, 3.8) is 0 Å². The lowest BCUT2D eigenvalue weighted by Gasteiger charge is -2.37. The molecule has 3 nitrogen and oxygen atoms in total. The number of hydrogen-bond acceptors (Lipinski definition) is 2. The molecule has 18 heavy (non-hydrogen) atoms. The van der Waals surface area contributed by atoms with Gasteiger partial charge in [-0.05, 0) is 32.0 Å². The average Bonchev–Trinajstić information content (AvgIpc) is 2.31. The summed E-state index contributed by atoms with van der Waals surface area (Å²) in [4.78, 5) is 14.2. The first-order valence-corrected chi connectivity index (χ1v) is 6.62. The number of rotatable bonds is 1.